The third-order valence-electron chi connectivity index (χ3n) is 2.75. The molecular weight excluding hydrogens is 217 g/mol. The highest BCUT2D eigenvalue weighted by Crippen LogP contribution is 2.23. The summed E-state index contributed by atoms with van der Waals surface area (Å²) in [4.78, 5) is 13.2. The average molecular weight is 237 g/mol. The predicted molar refractivity (Wildman–Crippen MR) is 69.2 cm³/mol. The van der Waals surface area contributed by atoms with Crippen LogP contribution in [0.5, 0.6) is 0 Å². The standard InChI is InChI=1S/C14H20FNO/c1-5-8-16(10(2)3)14-7-6-12(11(4)17)9-13(14)15/h6-7,9-10H,5,8H2,1-4H3. The molecule has 94 valence electrons. The summed E-state index contributed by atoms with van der Waals surface area (Å²) < 4.78 is 14.0. The van der Waals surface area contributed by atoms with Crippen molar-refractivity contribution >= 4 is 11.5 Å². The lowest BCUT2D eigenvalue weighted by Gasteiger charge is -2.29. The van der Waals surface area contributed by atoms with Crippen LogP contribution >= 0.6 is 0 Å². The molecule has 0 heterocycles. The number of Topliss-reactive ketones (excluding diaryl/α,β-unsaturated/α-hetero) is 1. The maximum absolute atomic E-state index is 14.0. The molecule has 0 radical (unpaired) electrons. The highest BCUT2D eigenvalue weighted by Gasteiger charge is 2.15. The van der Waals surface area contributed by atoms with Gasteiger partial charge in [-0.15, -0.1) is 0 Å². The summed E-state index contributed by atoms with van der Waals surface area (Å²) in [7, 11) is 0. The maximum atomic E-state index is 14.0. The highest BCUT2D eigenvalue weighted by atomic mass is 19.1. The molecule has 17 heavy (non-hydrogen) atoms. The Morgan fingerprint density at radius 2 is 2.06 bits per heavy atom. The lowest BCUT2D eigenvalue weighted by atomic mass is 10.1. The van der Waals surface area contributed by atoms with E-state index in [4.69, 9.17) is 0 Å². The molecule has 0 saturated carbocycles. The Balaban J connectivity index is 3.08. The lowest BCUT2D eigenvalue weighted by molar-refractivity contribution is 0.101. The van der Waals surface area contributed by atoms with Crippen LogP contribution < -0.4 is 4.90 Å². The van der Waals surface area contributed by atoms with Crippen molar-refractivity contribution in [1.82, 2.24) is 0 Å². The van der Waals surface area contributed by atoms with E-state index >= 15 is 0 Å². The van der Waals surface area contributed by atoms with E-state index in [1.165, 1.54) is 13.0 Å². The minimum absolute atomic E-state index is 0.109. The third-order valence-corrected chi connectivity index (χ3v) is 2.75. The van der Waals surface area contributed by atoms with Gasteiger partial charge in [-0.1, -0.05) is 6.92 Å². The molecule has 0 aliphatic rings. The van der Waals surface area contributed by atoms with Crippen LogP contribution in [0.1, 0.15) is 44.5 Å². The quantitative estimate of drug-likeness (QED) is 0.728. The number of hydrogen-bond donors (Lipinski definition) is 0. The molecule has 0 aromatic heterocycles. The van der Waals surface area contributed by atoms with Gasteiger partial charge in [0.2, 0.25) is 0 Å². The zero-order valence-electron chi connectivity index (χ0n) is 11.0. The largest absolute Gasteiger partial charge is 0.367 e. The molecule has 1 aromatic carbocycles. The van der Waals surface area contributed by atoms with Crippen molar-refractivity contribution in [2.45, 2.75) is 40.2 Å². The number of hydrogen-bond acceptors (Lipinski definition) is 2. The highest BCUT2D eigenvalue weighted by molar-refractivity contribution is 5.94. The van der Waals surface area contributed by atoms with Crippen molar-refractivity contribution in [3.05, 3.63) is 29.6 Å². The summed E-state index contributed by atoms with van der Waals surface area (Å²) in [6.45, 7) is 8.40. The van der Waals surface area contributed by atoms with Crippen LogP contribution in [0.4, 0.5) is 10.1 Å². The van der Waals surface area contributed by atoms with Gasteiger partial charge >= 0.3 is 0 Å². The molecule has 0 spiro atoms. The third kappa shape index (κ3) is 3.29. The molecule has 0 aliphatic carbocycles. The zero-order valence-corrected chi connectivity index (χ0v) is 11.0. The molecule has 0 N–H and O–H groups in total. The summed E-state index contributed by atoms with van der Waals surface area (Å²) in [5.74, 6) is -0.429. The van der Waals surface area contributed by atoms with E-state index in [2.05, 4.69) is 6.92 Å². The van der Waals surface area contributed by atoms with Crippen LogP contribution in [0.15, 0.2) is 18.2 Å². The average Bonchev–Trinajstić information content (AvgIpc) is 2.26. The van der Waals surface area contributed by atoms with Gasteiger partial charge in [-0.05, 0) is 45.4 Å². The Morgan fingerprint density at radius 1 is 1.41 bits per heavy atom. The van der Waals surface area contributed by atoms with Gasteiger partial charge in [-0.25, -0.2) is 4.39 Å². The van der Waals surface area contributed by atoms with E-state index in [1.807, 2.05) is 18.7 Å². The number of nitrogens with zero attached hydrogens (tertiary/aromatic N) is 1. The molecule has 2 nitrogen and oxygen atoms in total. The minimum Gasteiger partial charge on any atom is -0.367 e. The van der Waals surface area contributed by atoms with Crippen LogP contribution in [0, 0.1) is 5.82 Å². The van der Waals surface area contributed by atoms with Crippen LogP contribution in [0.2, 0.25) is 0 Å². The van der Waals surface area contributed by atoms with Gasteiger partial charge in [0.15, 0.2) is 5.78 Å². The monoisotopic (exact) mass is 237 g/mol. The summed E-state index contributed by atoms with van der Waals surface area (Å²) in [5.41, 5.74) is 0.998. The molecule has 0 bridgehead atoms. The molecule has 1 rings (SSSR count). The summed E-state index contributed by atoms with van der Waals surface area (Å²) >= 11 is 0. The fourth-order valence-corrected chi connectivity index (χ4v) is 1.86. The number of carbonyl (C=O) groups is 1. The number of carbonyl (C=O) groups excluding carboxylic acids is 1. The Hall–Kier alpha value is -1.38. The van der Waals surface area contributed by atoms with Crippen molar-refractivity contribution in [2.24, 2.45) is 0 Å². The Morgan fingerprint density at radius 3 is 2.47 bits per heavy atom. The van der Waals surface area contributed by atoms with Crippen molar-refractivity contribution in [3.63, 3.8) is 0 Å². The first-order chi connectivity index (χ1) is 7.97. The smallest absolute Gasteiger partial charge is 0.159 e. The van der Waals surface area contributed by atoms with Gasteiger partial charge in [-0.2, -0.15) is 0 Å². The summed E-state index contributed by atoms with van der Waals surface area (Å²) in [6.07, 6.45) is 0.964. The van der Waals surface area contributed by atoms with Crippen LogP contribution in [-0.4, -0.2) is 18.4 Å². The molecular formula is C14H20FNO. The van der Waals surface area contributed by atoms with Gasteiger partial charge in [0, 0.05) is 18.2 Å². The van der Waals surface area contributed by atoms with E-state index in [0.29, 0.717) is 11.3 Å². The van der Waals surface area contributed by atoms with Crippen LogP contribution in [0.25, 0.3) is 0 Å². The van der Waals surface area contributed by atoms with Crippen molar-refractivity contribution in [2.75, 3.05) is 11.4 Å². The van der Waals surface area contributed by atoms with Gasteiger partial charge in [-0.3, -0.25) is 4.79 Å². The molecule has 1 aromatic rings. The molecule has 0 fully saturated rings. The molecule has 0 amide bonds. The topological polar surface area (TPSA) is 20.3 Å². The lowest BCUT2D eigenvalue weighted by Crippen LogP contribution is -2.32. The van der Waals surface area contributed by atoms with Crippen molar-refractivity contribution in [1.29, 1.82) is 0 Å². The summed E-state index contributed by atoms with van der Waals surface area (Å²) in [6, 6.07) is 4.95. The fraction of sp³-hybridized carbons (Fsp3) is 0.500. The second kappa shape index (κ2) is 5.80. The number of halogens is 1. The van der Waals surface area contributed by atoms with Crippen LogP contribution in [0.3, 0.4) is 0 Å². The van der Waals surface area contributed by atoms with E-state index < -0.39 is 0 Å². The van der Waals surface area contributed by atoms with Gasteiger partial charge in [0.1, 0.15) is 5.82 Å². The van der Waals surface area contributed by atoms with Gasteiger partial charge in [0.25, 0.3) is 0 Å². The first kappa shape index (κ1) is 13.7. The zero-order chi connectivity index (χ0) is 13.0. The summed E-state index contributed by atoms with van der Waals surface area (Å²) in [5, 5.41) is 0. The molecule has 0 aliphatic heterocycles. The molecule has 3 heteroatoms. The predicted octanol–water partition coefficient (Wildman–Crippen LogP) is 3.65. The first-order valence-corrected chi connectivity index (χ1v) is 6.04. The first-order valence-electron chi connectivity index (χ1n) is 6.04. The fourth-order valence-electron chi connectivity index (χ4n) is 1.86. The minimum atomic E-state index is -0.320. The van der Waals surface area contributed by atoms with E-state index in [0.717, 1.165) is 13.0 Å². The normalized spacial score (nSPS) is 10.7. The van der Waals surface area contributed by atoms with E-state index in [1.54, 1.807) is 12.1 Å². The Bertz CT molecular complexity index is 401. The van der Waals surface area contributed by atoms with E-state index in [9.17, 15) is 9.18 Å². The molecule has 0 unspecified atom stereocenters. The number of ketones is 1. The van der Waals surface area contributed by atoms with Crippen molar-refractivity contribution < 1.29 is 9.18 Å². The molecule has 0 atom stereocenters. The second-order valence-electron chi connectivity index (χ2n) is 4.51. The Labute approximate surface area is 102 Å². The SMILES string of the molecule is CCCN(c1ccc(C(C)=O)cc1F)C(C)C. The van der Waals surface area contributed by atoms with E-state index in [-0.39, 0.29) is 17.6 Å². The van der Waals surface area contributed by atoms with Crippen LogP contribution in [-0.2, 0) is 0 Å². The van der Waals surface area contributed by atoms with Crippen molar-refractivity contribution in [3.8, 4) is 0 Å². The van der Waals surface area contributed by atoms with Gasteiger partial charge in [0.05, 0.1) is 5.69 Å². The molecule has 0 saturated heterocycles. The number of anilines is 1. The maximum Gasteiger partial charge on any atom is 0.159 e. The second-order valence-corrected chi connectivity index (χ2v) is 4.51. The number of benzene rings is 1. The Kier molecular flexibility index (Phi) is 4.67. The number of rotatable bonds is 5. The van der Waals surface area contributed by atoms with Gasteiger partial charge < -0.3 is 4.90 Å².